The molecule has 16 heteroatoms. The number of alkyl carbamates (subject to hydrolysis) is 2. The van der Waals surface area contributed by atoms with Crippen LogP contribution in [0.1, 0.15) is 50.3 Å². The van der Waals surface area contributed by atoms with E-state index in [1.54, 1.807) is 77.7 Å². The quantitative estimate of drug-likeness (QED) is 0.0614. The maximum absolute atomic E-state index is 13.7. The normalized spacial score (nSPS) is 16.4. The first-order valence-electron chi connectivity index (χ1n) is 18.8. The van der Waals surface area contributed by atoms with Crippen LogP contribution in [0.5, 0.6) is 0 Å². The Labute approximate surface area is 331 Å². The zero-order valence-electron chi connectivity index (χ0n) is 32.3. The van der Waals surface area contributed by atoms with Crippen molar-refractivity contribution in [2.45, 2.75) is 65.0 Å². The monoisotopic (exact) mass is 783 g/mol. The number of ether oxygens (including phenoxy) is 3. The summed E-state index contributed by atoms with van der Waals surface area (Å²) in [5.41, 5.74) is 1.81. The average Bonchev–Trinajstić information content (AvgIpc) is 3.20. The number of nitrogens with one attached hydrogen (secondary N) is 3. The molecular formula is C41H49N7O9. The summed E-state index contributed by atoms with van der Waals surface area (Å²) < 4.78 is 16.2. The van der Waals surface area contributed by atoms with E-state index in [0.717, 1.165) is 21.6 Å². The molecule has 3 aromatic carbocycles. The molecular weight excluding hydrogens is 734 g/mol. The number of imide groups is 1. The van der Waals surface area contributed by atoms with Crippen LogP contribution < -0.4 is 16.0 Å². The minimum atomic E-state index is -1.18. The molecule has 2 aliphatic heterocycles. The maximum atomic E-state index is 13.7. The predicted octanol–water partition coefficient (Wildman–Crippen LogP) is 4.79. The molecule has 0 radical (unpaired) electrons. The number of hydrogen-bond donors (Lipinski definition) is 3. The van der Waals surface area contributed by atoms with Crippen LogP contribution in [0, 0.1) is 5.92 Å². The van der Waals surface area contributed by atoms with Gasteiger partial charge in [0.25, 0.3) is 0 Å². The molecule has 0 aliphatic carbocycles. The molecule has 0 spiro atoms. The number of likely N-dealkylation sites (tertiary alicyclic amines) is 1. The standard InChI is InChI=1S/C41H49N7O9/c1-41(2,3)45-37(51)46-22-24-47(25-23-46)40(54)48-33(35(50)55-26-29-14-7-4-8-15-29)32(34(48)49)20-13-21-42-36(43-38(52)56-27-30-16-9-5-10-17-30)44-39(53)57-28-31-18-11-6-12-19-31/h4-12,14-19,32-33H,13,20-28H2,1-3H3,(H,45,51)(H2,42,43,44,52,53)/t32-,33?/m1/s1. The van der Waals surface area contributed by atoms with Gasteiger partial charge in [-0.15, -0.1) is 0 Å². The third kappa shape index (κ3) is 12.5. The number of hydrogen-bond acceptors (Lipinski definition) is 10. The zero-order chi connectivity index (χ0) is 40.8. The van der Waals surface area contributed by atoms with Gasteiger partial charge < -0.3 is 29.3 Å². The molecule has 1 unspecified atom stereocenters. The second-order valence-corrected chi connectivity index (χ2v) is 14.5. The fourth-order valence-electron chi connectivity index (χ4n) is 6.10. The van der Waals surface area contributed by atoms with E-state index in [1.165, 1.54) is 4.90 Å². The van der Waals surface area contributed by atoms with Gasteiger partial charge in [0.1, 0.15) is 19.8 Å². The molecule has 3 N–H and O–H groups in total. The molecule has 16 nitrogen and oxygen atoms in total. The van der Waals surface area contributed by atoms with Gasteiger partial charge in [-0.1, -0.05) is 91.0 Å². The summed E-state index contributed by atoms with van der Waals surface area (Å²) >= 11 is 0. The Balaban J connectivity index is 1.22. The number of aliphatic imine (C=N–C) groups is 1. The topological polar surface area (TPSA) is 188 Å². The average molecular weight is 784 g/mol. The van der Waals surface area contributed by atoms with Crippen LogP contribution in [0.2, 0.25) is 0 Å². The number of nitrogens with zero attached hydrogens (tertiary/aromatic N) is 4. The molecule has 57 heavy (non-hydrogen) atoms. The molecule has 5 rings (SSSR count). The number of esters is 1. The molecule has 302 valence electrons. The van der Waals surface area contributed by atoms with Crippen molar-refractivity contribution >= 4 is 42.1 Å². The first kappa shape index (κ1) is 41.7. The number of piperazine rings is 1. The largest absolute Gasteiger partial charge is 0.459 e. The van der Waals surface area contributed by atoms with Crippen molar-refractivity contribution in [3.63, 3.8) is 0 Å². The molecule has 0 saturated carbocycles. The summed E-state index contributed by atoms with van der Waals surface area (Å²) in [6, 6.07) is 25.0. The Kier molecular flexibility index (Phi) is 14.6. The van der Waals surface area contributed by atoms with Gasteiger partial charge in [0.2, 0.25) is 11.9 Å². The Hall–Kier alpha value is -6.45. The lowest BCUT2D eigenvalue weighted by molar-refractivity contribution is -0.171. The first-order valence-corrected chi connectivity index (χ1v) is 18.8. The molecule has 3 aromatic rings. The highest BCUT2D eigenvalue weighted by atomic mass is 16.6. The molecule has 2 aliphatic rings. The van der Waals surface area contributed by atoms with Crippen LogP contribution in [-0.4, -0.2) is 101 Å². The highest BCUT2D eigenvalue weighted by Gasteiger charge is 2.56. The zero-order valence-corrected chi connectivity index (χ0v) is 32.3. The van der Waals surface area contributed by atoms with Gasteiger partial charge in [0.15, 0.2) is 6.04 Å². The van der Waals surface area contributed by atoms with Gasteiger partial charge in [-0.2, -0.15) is 0 Å². The number of carbonyl (C=O) groups excluding carboxylic acids is 6. The van der Waals surface area contributed by atoms with Gasteiger partial charge in [-0.05, 0) is 50.3 Å². The van der Waals surface area contributed by atoms with Crippen molar-refractivity contribution < 1.29 is 43.0 Å². The molecule has 0 aromatic heterocycles. The third-order valence-electron chi connectivity index (χ3n) is 9.01. The molecule has 0 bridgehead atoms. The van der Waals surface area contributed by atoms with E-state index in [9.17, 15) is 28.8 Å². The highest BCUT2D eigenvalue weighted by Crippen LogP contribution is 2.33. The van der Waals surface area contributed by atoms with Crippen molar-refractivity contribution in [1.82, 2.24) is 30.7 Å². The van der Waals surface area contributed by atoms with E-state index < -0.39 is 47.6 Å². The number of carbonyl (C=O) groups is 6. The van der Waals surface area contributed by atoms with Crippen LogP contribution in [-0.2, 0) is 43.6 Å². The summed E-state index contributed by atoms with van der Waals surface area (Å²) in [7, 11) is 0. The van der Waals surface area contributed by atoms with E-state index in [1.807, 2.05) is 39.0 Å². The van der Waals surface area contributed by atoms with E-state index in [0.29, 0.717) is 0 Å². The van der Waals surface area contributed by atoms with Crippen molar-refractivity contribution in [2.24, 2.45) is 10.9 Å². The Morgan fingerprint density at radius 3 is 1.61 bits per heavy atom. The summed E-state index contributed by atoms with van der Waals surface area (Å²) in [4.78, 5) is 87.2. The second-order valence-electron chi connectivity index (χ2n) is 14.5. The minimum absolute atomic E-state index is 0.00929. The van der Waals surface area contributed by atoms with E-state index in [4.69, 9.17) is 14.2 Å². The Morgan fingerprint density at radius 1 is 0.684 bits per heavy atom. The number of guanidine groups is 1. The lowest BCUT2D eigenvalue weighted by atomic mass is 9.83. The number of benzene rings is 3. The minimum Gasteiger partial charge on any atom is -0.459 e. The molecule has 2 saturated heterocycles. The van der Waals surface area contributed by atoms with Crippen LogP contribution >= 0.6 is 0 Å². The maximum Gasteiger partial charge on any atom is 0.414 e. The lowest BCUT2D eigenvalue weighted by Crippen LogP contribution is -2.70. The van der Waals surface area contributed by atoms with Crippen LogP contribution in [0.25, 0.3) is 0 Å². The number of rotatable bonds is 11. The van der Waals surface area contributed by atoms with E-state index >= 15 is 0 Å². The van der Waals surface area contributed by atoms with Gasteiger partial charge in [0, 0.05) is 38.3 Å². The lowest BCUT2D eigenvalue weighted by Gasteiger charge is -2.46. The van der Waals surface area contributed by atoms with Gasteiger partial charge in [0.05, 0.1) is 5.92 Å². The van der Waals surface area contributed by atoms with Crippen LogP contribution in [0.4, 0.5) is 19.2 Å². The van der Waals surface area contributed by atoms with Gasteiger partial charge >= 0.3 is 30.2 Å². The summed E-state index contributed by atoms with van der Waals surface area (Å²) in [6.45, 7) is 6.40. The number of amides is 7. The second kappa shape index (κ2) is 19.9. The molecule has 2 fully saturated rings. The fourth-order valence-corrected chi connectivity index (χ4v) is 6.10. The van der Waals surface area contributed by atoms with Crippen LogP contribution in [0.15, 0.2) is 96.0 Å². The van der Waals surface area contributed by atoms with E-state index in [2.05, 4.69) is 20.9 Å². The van der Waals surface area contributed by atoms with Crippen molar-refractivity contribution in [3.8, 4) is 0 Å². The fraction of sp³-hybridized carbons (Fsp3) is 0.390. The Bertz CT molecular complexity index is 1820. The molecule has 2 heterocycles. The highest BCUT2D eigenvalue weighted by molar-refractivity contribution is 6.08. The Morgan fingerprint density at radius 2 is 1.14 bits per heavy atom. The predicted molar refractivity (Wildman–Crippen MR) is 208 cm³/mol. The SMILES string of the molecule is CC(C)(C)NC(=O)N1CCN(C(=O)N2C(=O)[C@H](CCCN=C(NC(=O)OCc3ccccc3)NC(=O)OCc3ccccc3)C2C(=O)OCc2ccccc2)CC1. The first-order chi connectivity index (χ1) is 27.4. The van der Waals surface area contributed by atoms with E-state index in [-0.39, 0.29) is 77.4 Å². The van der Waals surface area contributed by atoms with Gasteiger partial charge in [-0.25, -0.2) is 28.9 Å². The van der Waals surface area contributed by atoms with Crippen molar-refractivity contribution in [3.05, 3.63) is 108 Å². The number of urea groups is 2. The molecule has 7 amide bonds. The molecule has 2 atom stereocenters. The number of β-lactam (4-membered cyclic amide) rings is 1. The van der Waals surface area contributed by atoms with Crippen LogP contribution in [0.3, 0.4) is 0 Å². The van der Waals surface area contributed by atoms with Crippen molar-refractivity contribution in [2.75, 3.05) is 32.7 Å². The summed E-state index contributed by atoms with van der Waals surface area (Å²) in [5, 5.41) is 7.77. The van der Waals surface area contributed by atoms with Crippen molar-refractivity contribution in [1.29, 1.82) is 0 Å². The summed E-state index contributed by atoms with van der Waals surface area (Å²) in [5.74, 6) is -2.39. The van der Waals surface area contributed by atoms with Gasteiger partial charge in [-0.3, -0.25) is 20.4 Å². The summed E-state index contributed by atoms with van der Waals surface area (Å²) in [6.07, 6.45) is -1.38. The third-order valence-corrected chi connectivity index (χ3v) is 9.01. The smallest absolute Gasteiger partial charge is 0.414 e.